The summed E-state index contributed by atoms with van der Waals surface area (Å²) in [6, 6.07) is 4.09. The van der Waals surface area contributed by atoms with Gasteiger partial charge in [-0.05, 0) is 64.7 Å². The number of ether oxygens (including phenoxy) is 3. The van der Waals surface area contributed by atoms with Gasteiger partial charge in [-0.2, -0.15) is 10.2 Å². The first kappa shape index (κ1) is 29.2. The van der Waals surface area contributed by atoms with Gasteiger partial charge in [0.05, 0.1) is 49.7 Å². The van der Waals surface area contributed by atoms with Crippen molar-refractivity contribution in [1.29, 1.82) is 0 Å². The topological polar surface area (TPSA) is 140 Å². The second-order valence-electron chi connectivity index (χ2n) is 11.5. The van der Waals surface area contributed by atoms with Gasteiger partial charge in [0.15, 0.2) is 0 Å². The Hall–Kier alpha value is -3.88. The van der Waals surface area contributed by atoms with Gasteiger partial charge in [-0.3, -0.25) is 9.36 Å². The van der Waals surface area contributed by atoms with Gasteiger partial charge < -0.3 is 19.3 Å². The average molecular weight is 614 g/mol. The molecule has 1 N–H and O–H groups in total. The number of benzene rings is 1. The van der Waals surface area contributed by atoms with E-state index in [0.717, 1.165) is 28.7 Å². The lowest BCUT2D eigenvalue weighted by Gasteiger charge is -2.33. The molecule has 6 rings (SSSR count). The number of methoxy groups -OCH3 is 1. The molecule has 0 amide bonds. The second kappa shape index (κ2) is 11.0. The Labute approximate surface area is 249 Å². The van der Waals surface area contributed by atoms with Crippen molar-refractivity contribution in [3.8, 4) is 10.8 Å². The van der Waals surface area contributed by atoms with Gasteiger partial charge in [0, 0.05) is 11.1 Å². The molecular weight excluding hydrogens is 581 g/mol. The Morgan fingerprint density at radius 3 is 2.51 bits per heavy atom. The SMILES string of the molecule is COc1ccc(F)cc1C(Cn1c(=O)n(C(C)(C)C(=O)O)c(=O)c2c(C)c(-n3nccn3)sc21)OC1C[C@H]2CC[C@@H](C1)O2. The van der Waals surface area contributed by atoms with Crippen LogP contribution < -0.4 is 16.0 Å². The van der Waals surface area contributed by atoms with E-state index in [1.54, 1.807) is 6.92 Å². The maximum absolute atomic E-state index is 14.7. The van der Waals surface area contributed by atoms with E-state index in [4.69, 9.17) is 14.2 Å². The molecule has 2 bridgehead atoms. The molecule has 2 unspecified atom stereocenters. The van der Waals surface area contributed by atoms with Gasteiger partial charge in [0.1, 0.15) is 33.0 Å². The maximum Gasteiger partial charge on any atom is 0.333 e. The number of carboxylic acid groups (broad SMARTS) is 1. The van der Waals surface area contributed by atoms with Crippen LogP contribution in [0.3, 0.4) is 0 Å². The van der Waals surface area contributed by atoms with Crippen molar-refractivity contribution in [2.24, 2.45) is 0 Å². The predicted molar refractivity (Wildman–Crippen MR) is 155 cm³/mol. The molecule has 228 valence electrons. The lowest BCUT2D eigenvalue weighted by atomic mass is 10.0. The van der Waals surface area contributed by atoms with Crippen LogP contribution in [-0.2, 0) is 26.4 Å². The van der Waals surface area contributed by atoms with Gasteiger partial charge >= 0.3 is 11.7 Å². The summed E-state index contributed by atoms with van der Waals surface area (Å²) >= 11 is 1.13. The van der Waals surface area contributed by atoms with Crippen LogP contribution in [0.2, 0.25) is 0 Å². The summed E-state index contributed by atoms with van der Waals surface area (Å²) in [6.45, 7) is 4.15. The molecule has 5 heterocycles. The van der Waals surface area contributed by atoms with Gasteiger partial charge in [0.25, 0.3) is 5.56 Å². The number of aryl methyl sites for hydroxylation is 1. The molecule has 2 fully saturated rings. The molecular formula is C29H32FN5O7S. The lowest BCUT2D eigenvalue weighted by molar-refractivity contribution is -0.146. The smallest absolute Gasteiger partial charge is 0.333 e. The van der Waals surface area contributed by atoms with E-state index >= 15 is 0 Å². The van der Waals surface area contributed by atoms with Crippen molar-refractivity contribution >= 4 is 27.5 Å². The van der Waals surface area contributed by atoms with Crippen molar-refractivity contribution in [3.63, 3.8) is 0 Å². The van der Waals surface area contributed by atoms with Crippen LogP contribution in [0.1, 0.15) is 56.8 Å². The molecule has 0 radical (unpaired) electrons. The highest BCUT2D eigenvalue weighted by Gasteiger charge is 2.39. The van der Waals surface area contributed by atoms with E-state index in [1.807, 2.05) is 0 Å². The average Bonchev–Trinajstić information content (AvgIpc) is 3.69. The van der Waals surface area contributed by atoms with Gasteiger partial charge in [-0.25, -0.2) is 18.5 Å². The molecule has 2 saturated heterocycles. The maximum atomic E-state index is 14.7. The first-order valence-electron chi connectivity index (χ1n) is 14.0. The first-order chi connectivity index (χ1) is 20.5. The highest BCUT2D eigenvalue weighted by atomic mass is 32.1. The van der Waals surface area contributed by atoms with Crippen LogP contribution in [0.4, 0.5) is 4.39 Å². The van der Waals surface area contributed by atoms with E-state index < -0.39 is 34.7 Å². The molecule has 3 aromatic heterocycles. The number of aliphatic carboxylic acids is 1. The summed E-state index contributed by atoms with van der Waals surface area (Å²) in [7, 11) is 1.47. The highest BCUT2D eigenvalue weighted by Crippen LogP contribution is 2.39. The fraction of sp³-hybridized carbons (Fsp3) is 0.483. The minimum atomic E-state index is -1.88. The third-order valence-corrected chi connectivity index (χ3v) is 9.64. The van der Waals surface area contributed by atoms with Crippen molar-refractivity contribution in [2.45, 2.75) is 83.0 Å². The quantitative estimate of drug-likeness (QED) is 0.300. The number of nitrogens with zero attached hydrogens (tertiary/aromatic N) is 5. The van der Waals surface area contributed by atoms with Crippen molar-refractivity contribution in [1.82, 2.24) is 24.1 Å². The normalized spacial score (nSPS) is 20.9. The van der Waals surface area contributed by atoms with Crippen molar-refractivity contribution in [2.75, 3.05) is 7.11 Å². The minimum Gasteiger partial charge on any atom is -0.496 e. The number of thiophene rings is 1. The monoisotopic (exact) mass is 613 g/mol. The minimum absolute atomic E-state index is 0.0654. The Balaban J connectivity index is 1.57. The molecule has 4 aromatic rings. The lowest BCUT2D eigenvalue weighted by Crippen LogP contribution is -2.52. The number of aromatic nitrogens is 5. The molecule has 0 spiro atoms. The molecule has 14 heteroatoms. The molecule has 2 aliphatic rings. The van der Waals surface area contributed by atoms with Crippen LogP contribution in [0, 0.1) is 12.7 Å². The number of hydrogen-bond donors (Lipinski definition) is 1. The molecule has 43 heavy (non-hydrogen) atoms. The molecule has 1 aromatic carbocycles. The van der Waals surface area contributed by atoms with Crippen LogP contribution in [-0.4, -0.2) is 60.6 Å². The van der Waals surface area contributed by atoms with Crippen LogP contribution >= 0.6 is 11.3 Å². The summed E-state index contributed by atoms with van der Waals surface area (Å²) < 4.78 is 35.0. The van der Waals surface area contributed by atoms with E-state index in [0.29, 0.717) is 39.5 Å². The van der Waals surface area contributed by atoms with Crippen LogP contribution in [0.15, 0.2) is 40.2 Å². The molecule has 0 aliphatic carbocycles. The van der Waals surface area contributed by atoms with E-state index in [2.05, 4.69) is 10.2 Å². The predicted octanol–water partition coefficient (Wildman–Crippen LogP) is 3.55. The number of carbonyl (C=O) groups is 1. The Morgan fingerprint density at radius 1 is 1.21 bits per heavy atom. The Kier molecular flexibility index (Phi) is 7.47. The number of fused-ring (bicyclic) bond motifs is 3. The zero-order valence-corrected chi connectivity index (χ0v) is 25.0. The number of hydrogen-bond acceptors (Lipinski definition) is 9. The molecule has 12 nitrogen and oxygen atoms in total. The van der Waals surface area contributed by atoms with Crippen molar-refractivity contribution < 1.29 is 28.5 Å². The Bertz CT molecular complexity index is 1800. The third kappa shape index (κ3) is 5.06. The summed E-state index contributed by atoms with van der Waals surface area (Å²) in [5.74, 6) is -1.49. The Morgan fingerprint density at radius 2 is 1.88 bits per heavy atom. The van der Waals surface area contributed by atoms with Crippen LogP contribution in [0.25, 0.3) is 15.2 Å². The summed E-state index contributed by atoms with van der Waals surface area (Å²) in [5, 5.41) is 19.1. The first-order valence-corrected chi connectivity index (χ1v) is 14.8. The fourth-order valence-corrected chi connectivity index (χ4v) is 7.31. The standard InChI is InChI=1S/C29H32FN5O7S/c1-15-23-24(36)34(29(2,3)27(37)38)28(39)33(26(23)43-25(15)35-31-9-10-32-35)14-22(20-11-16(30)5-8-21(20)40-4)42-19-12-17-6-7-18(13-19)41-17/h5,8-11,17-19,22H,6-7,12-14H2,1-4H3,(H,37,38)/t17-,18+,19?,22?. The highest BCUT2D eigenvalue weighted by molar-refractivity contribution is 7.21. The molecule has 4 atom stereocenters. The van der Waals surface area contributed by atoms with Gasteiger partial charge in [0.2, 0.25) is 0 Å². The third-order valence-electron chi connectivity index (χ3n) is 8.36. The zero-order chi connectivity index (χ0) is 30.6. The van der Waals surface area contributed by atoms with Gasteiger partial charge in [-0.15, -0.1) is 4.80 Å². The molecule has 0 saturated carbocycles. The molecule has 2 aliphatic heterocycles. The number of halogens is 1. The number of rotatable bonds is 9. The zero-order valence-electron chi connectivity index (χ0n) is 24.2. The summed E-state index contributed by atoms with van der Waals surface area (Å²) in [6.07, 6.45) is 5.16. The van der Waals surface area contributed by atoms with Crippen molar-refractivity contribution in [3.05, 3.63) is 68.4 Å². The second-order valence-corrected chi connectivity index (χ2v) is 12.5. The number of carboxylic acids is 1. The van der Waals surface area contributed by atoms with E-state index in [-0.39, 0.29) is 30.2 Å². The van der Waals surface area contributed by atoms with Crippen LogP contribution in [0.5, 0.6) is 5.75 Å². The largest absolute Gasteiger partial charge is 0.496 e. The van der Waals surface area contributed by atoms with Gasteiger partial charge in [-0.1, -0.05) is 11.3 Å². The fourth-order valence-electron chi connectivity index (χ4n) is 6.09. The summed E-state index contributed by atoms with van der Waals surface area (Å²) in [5.41, 5.74) is -2.57. The summed E-state index contributed by atoms with van der Waals surface area (Å²) in [4.78, 5) is 42.1. The van der Waals surface area contributed by atoms with E-state index in [1.165, 1.54) is 60.9 Å². The van der Waals surface area contributed by atoms with E-state index in [9.17, 15) is 23.9 Å².